The summed E-state index contributed by atoms with van der Waals surface area (Å²) in [7, 11) is 0. The van der Waals surface area contributed by atoms with E-state index < -0.39 is 0 Å². The van der Waals surface area contributed by atoms with E-state index in [2.05, 4.69) is 6.92 Å². The molecule has 2 unspecified atom stereocenters. The molecule has 0 spiro atoms. The van der Waals surface area contributed by atoms with Gasteiger partial charge in [0.15, 0.2) is 0 Å². The lowest BCUT2D eigenvalue weighted by molar-refractivity contribution is -0.0102. The van der Waals surface area contributed by atoms with Crippen LogP contribution in [0.5, 0.6) is 0 Å². The second kappa shape index (κ2) is 3.58. The molecule has 2 fully saturated rings. The number of ether oxygens (including phenoxy) is 1. The predicted octanol–water partition coefficient (Wildman–Crippen LogP) is 2.07. The van der Waals surface area contributed by atoms with Crippen molar-refractivity contribution in [3.8, 4) is 0 Å². The van der Waals surface area contributed by atoms with Crippen molar-refractivity contribution in [3.05, 3.63) is 0 Å². The molecule has 2 atom stereocenters. The van der Waals surface area contributed by atoms with Gasteiger partial charge in [0.1, 0.15) is 0 Å². The van der Waals surface area contributed by atoms with E-state index in [-0.39, 0.29) is 11.6 Å². The molecule has 0 aromatic heterocycles. The minimum Gasteiger partial charge on any atom is -0.374 e. The van der Waals surface area contributed by atoms with E-state index in [1.165, 1.54) is 32.1 Å². The Labute approximate surface area is 80.8 Å². The predicted molar refractivity (Wildman–Crippen MR) is 53.5 cm³/mol. The average molecular weight is 183 g/mol. The average Bonchev–Trinajstić information content (AvgIpc) is 2.45. The van der Waals surface area contributed by atoms with Gasteiger partial charge in [-0.15, -0.1) is 0 Å². The third kappa shape index (κ3) is 1.89. The van der Waals surface area contributed by atoms with Crippen molar-refractivity contribution in [2.45, 2.75) is 57.1 Å². The summed E-state index contributed by atoms with van der Waals surface area (Å²) in [4.78, 5) is 0. The minimum atomic E-state index is -0.00438. The minimum absolute atomic E-state index is 0.00438. The van der Waals surface area contributed by atoms with Gasteiger partial charge in [-0.05, 0) is 32.1 Å². The zero-order valence-electron chi connectivity index (χ0n) is 8.59. The van der Waals surface area contributed by atoms with Crippen LogP contribution in [0.2, 0.25) is 0 Å². The third-order valence-electron chi connectivity index (χ3n) is 3.85. The second-order valence-electron chi connectivity index (χ2n) is 4.90. The van der Waals surface area contributed by atoms with Crippen LogP contribution < -0.4 is 5.73 Å². The van der Waals surface area contributed by atoms with Gasteiger partial charge in [-0.25, -0.2) is 0 Å². The van der Waals surface area contributed by atoms with Gasteiger partial charge < -0.3 is 10.5 Å². The van der Waals surface area contributed by atoms with Crippen LogP contribution >= 0.6 is 0 Å². The molecule has 0 amide bonds. The maximum atomic E-state index is 6.20. The standard InChI is InChI=1S/C11H21NO/c1-11(6-3-7-13-11)10(12)8-9-4-2-5-9/h9-10H,2-8,12H2,1H3. The number of nitrogens with two attached hydrogens (primary N) is 1. The quantitative estimate of drug-likeness (QED) is 0.727. The summed E-state index contributed by atoms with van der Waals surface area (Å²) >= 11 is 0. The van der Waals surface area contributed by atoms with E-state index in [9.17, 15) is 0 Å². The summed E-state index contributed by atoms with van der Waals surface area (Å²) in [6.45, 7) is 3.10. The highest BCUT2D eigenvalue weighted by Gasteiger charge is 2.37. The van der Waals surface area contributed by atoms with Crippen molar-refractivity contribution in [2.24, 2.45) is 11.7 Å². The molecule has 1 aliphatic heterocycles. The lowest BCUT2D eigenvalue weighted by Crippen LogP contribution is -2.46. The summed E-state index contributed by atoms with van der Waals surface area (Å²) in [6.07, 6.45) is 7.72. The fourth-order valence-electron chi connectivity index (χ4n) is 2.43. The molecule has 0 radical (unpaired) electrons. The summed E-state index contributed by atoms with van der Waals surface area (Å²) < 4.78 is 5.75. The largest absolute Gasteiger partial charge is 0.374 e. The van der Waals surface area contributed by atoms with E-state index in [0.29, 0.717) is 0 Å². The van der Waals surface area contributed by atoms with Crippen LogP contribution in [0.1, 0.15) is 45.4 Å². The van der Waals surface area contributed by atoms with Crippen molar-refractivity contribution in [2.75, 3.05) is 6.61 Å². The Balaban J connectivity index is 1.83. The molecule has 0 aromatic carbocycles. The molecule has 1 aliphatic carbocycles. The van der Waals surface area contributed by atoms with E-state index in [4.69, 9.17) is 10.5 Å². The van der Waals surface area contributed by atoms with Crippen LogP contribution in [0, 0.1) is 5.92 Å². The van der Waals surface area contributed by atoms with Gasteiger partial charge in [0, 0.05) is 12.6 Å². The van der Waals surface area contributed by atoms with E-state index in [1.807, 2.05) is 0 Å². The highest BCUT2D eigenvalue weighted by atomic mass is 16.5. The van der Waals surface area contributed by atoms with Crippen molar-refractivity contribution >= 4 is 0 Å². The Bertz CT molecular complexity index is 171. The van der Waals surface area contributed by atoms with Crippen LogP contribution in [0.25, 0.3) is 0 Å². The molecule has 1 heterocycles. The van der Waals surface area contributed by atoms with Gasteiger partial charge in [0.25, 0.3) is 0 Å². The number of hydrogen-bond donors (Lipinski definition) is 1. The van der Waals surface area contributed by atoms with Crippen LogP contribution in [-0.2, 0) is 4.74 Å². The zero-order valence-corrected chi connectivity index (χ0v) is 8.59. The summed E-state index contributed by atoms with van der Waals surface area (Å²) in [6, 6.07) is 0.264. The van der Waals surface area contributed by atoms with Gasteiger partial charge >= 0.3 is 0 Å². The highest BCUT2D eigenvalue weighted by Crippen LogP contribution is 2.36. The van der Waals surface area contributed by atoms with Gasteiger partial charge in [-0.2, -0.15) is 0 Å². The van der Waals surface area contributed by atoms with Crippen LogP contribution in [0.15, 0.2) is 0 Å². The fraction of sp³-hybridized carbons (Fsp3) is 1.00. The SMILES string of the molecule is CC1(C(N)CC2CCC2)CCCO1. The molecular formula is C11H21NO. The lowest BCUT2D eigenvalue weighted by atomic mass is 9.77. The summed E-state index contributed by atoms with van der Waals surface area (Å²) in [5.41, 5.74) is 6.19. The lowest BCUT2D eigenvalue weighted by Gasteiger charge is -2.35. The second-order valence-corrected chi connectivity index (χ2v) is 4.90. The van der Waals surface area contributed by atoms with Crippen molar-refractivity contribution in [1.29, 1.82) is 0 Å². The maximum absolute atomic E-state index is 6.20. The van der Waals surface area contributed by atoms with E-state index >= 15 is 0 Å². The van der Waals surface area contributed by atoms with E-state index in [0.717, 1.165) is 18.9 Å². The fourth-order valence-corrected chi connectivity index (χ4v) is 2.43. The first-order valence-electron chi connectivity index (χ1n) is 5.60. The Hall–Kier alpha value is -0.0800. The molecular weight excluding hydrogens is 162 g/mol. The van der Waals surface area contributed by atoms with Crippen molar-refractivity contribution < 1.29 is 4.74 Å². The molecule has 0 aromatic rings. The van der Waals surface area contributed by atoms with Crippen LogP contribution in [-0.4, -0.2) is 18.2 Å². The molecule has 2 nitrogen and oxygen atoms in total. The molecule has 0 bridgehead atoms. The Morgan fingerprint density at radius 3 is 2.69 bits per heavy atom. The first-order valence-corrected chi connectivity index (χ1v) is 5.60. The Morgan fingerprint density at radius 1 is 1.46 bits per heavy atom. The first kappa shape index (κ1) is 9.47. The molecule has 76 valence electrons. The van der Waals surface area contributed by atoms with Crippen molar-refractivity contribution in [3.63, 3.8) is 0 Å². The molecule has 13 heavy (non-hydrogen) atoms. The van der Waals surface area contributed by atoms with Crippen LogP contribution in [0.3, 0.4) is 0 Å². The molecule has 2 N–H and O–H groups in total. The van der Waals surface area contributed by atoms with E-state index in [1.54, 1.807) is 0 Å². The van der Waals surface area contributed by atoms with Crippen LogP contribution in [0.4, 0.5) is 0 Å². The highest BCUT2D eigenvalue weighted by molar-refractivity contribution is 4.92. The maximum Gasteiger partial charge on any atom is 0.0805 e. The van der Waals surface area contributed by atoms with Gasteiger partial charge in [-0.1, -0.05) is 19.3 Å². The zero-order chi connectivity index (χ0) is 9.31. The summed E-state index contributed by atoms with van der Waals surface area (Å²) in [5.74, 6) is 0.899. The third-order valence-corrected chi connectivity index (χ3v) is 3.85. The molecule has 1 saturated carbocycles. The smallest absolute Gasteiger partial charge is 0.0805 e. The topological polar surface area (TPSA) is 35.2 Å². The summed E-state index contributed by atoms with van der Waals surface area (Å²) in [5, 5.41) is 0. The monoisotopic (exact) mass is 183 g/mol. The molecule has 2 aliphatic rings. The van der Waals surface area contributed by atoms with Gasteiger partial charge in [0.2, 0.25) is 0 Å². The van der Waals surface area contributed by atoms with Crippen molar-refractivity contribution in [1.82, 2.24) is 0 Å². The Kier molecular flexibility index (Phi) is 2.61. The number of hydrogen-bond acceptors (Lipinski definition) is 2. The molecule has 2 rings (SSSR count). The van der Waals surface area contributed by atoms with Gasteiger partial charge in [0.05, 0.1) is 5.60 Å². The number of rotatable bonds is 3. The molecule has 1 saturated heterocycles. The molecule has 2 heteroatoms. The Morgan fingerprint density at radius 2 is 2.23 bits per heavy atom. The normalized spacial score (nSPS) is 37.4. The first-order chi connectivity index (χ1) is 6.21. The van der Waals surface area contributed by atoms with Gasteiger partial charge in [-0.3, -0.25) is 0 Å².